The molecule has 8 nitrogen and oxygen atoms in total. The van der Waals surface area contributed by atoms with Gasteiger partial charge >= 0.3 is 0 Å². The van der Waals surface area contributed by atoms with Crippen LogP contribution in [0.1, 0.15) is 12.8 Å². The zero-order valence-corrected chi connectivity index (χ0v) is 14.4. The van der Waals surface area contributed by atoms with E-state index in [-0.39, 0.29) is 30.0 Å². The highest BCUT2D eigenvalue weighted by Gasteiger charge is 2.27. The van der Waals surface area contributed by atoms with Crippen LogP contribution in [-0.2, 0) is 16.6 Å². The Hall–Kier alpha value is -2.03. The number of rotatable bonds is 4. The van der Waals surface area contributed by atoms with E-state index in [0.717, 1.165) is 19.4 Å². The van der Waals surface area contributed by atoms with Crippen LogP contribution in [0.15, 0.2) is 17.2 Å². The van der Waals surface area contributed by atoms with Gasteiger partial charge in [0.2, 0.25) is 11.8 Å². The molecule has 2 aliphatic rings. The topological polar surface area (TPSA) is 87.5 Å². The van der Waals surface area contributed by atoms with Gasteiger partial charge in [-0.3, -0.25) is 14.4 Å². The summed E-state index contributed by atoms with van der Waals surface area (Å²) in [5.74, 6) is 1.31. The first kappa shape index (κ1) is 16.8. The highest BCUT2D eigenvalue weighted by molar-refractivity contribution is 8.00. The van der Waals surface area contributed by atoms with Crippen molar-refractivity contribution in [1.82, 2.24) is 19.8 Å². The molecule has 0 unspecified atom stereocenters. The van der Waals surface area contributed by atoms with Crippen LogP contribution in [0.4, 0.5) is 5.82 Å². The lowest BCUT2D eigenvalue weighted by atomic mass is 10.1. The first-order valence-corrected chi connectivity index (χ1v) is 9.11. The molecule has 1 aromatic heterocycles. The SMILES string of the molecule is Cn1ccnc(N2CCC[C@@H](NC(=O)CN3CSCC3=O)C2)c1=O. The molecule has 24 heavy (non-hydrogen) atoms. The molecule has 0 spiro atoms. The average Bonchev–Trinajstić information content (AvgIpc) is 2.95. The van der Waals surface area contributed by atoms with Crippen molar-refractivity contribution < 1.29 is 9.59 Å². The summed E-state index contributed by atoms with van der Waals surface area (Å²) in [4.78, 5) is 43.6. The number of thioether (sulfide) groups is 1. The maximum absolute atomic E-state index is 12.2. The number of hydrogen-bond acceptors (Lipinski definition) is 6. The summed E-state index contributed by atoms with van der Waals surface area (Å²) in [6, 6.07) is -0.0386. The van der Waals surface area contributed by atoms with Crippen molar-refractivity contribution in [2.45, 2.75) is 18.9 Å². The van der Waals surface area contributed by atoms with Gasteiger partial charge in [0.25, 0.3) is 5.56 Å². The largest absolute Gasteiger partial charge is 0.350 e. The summed E-state index contributed by atoms with van der Waals surface area (Å²) >= 11 is 1.52. The lowest BCUT2D eigenvalue weighted by Gasteiger charge is -2.33. The molecule has 2 saturated heterocycles. The van der Waals surface area contributed by atoms with Crippen LogP contribution in [0.2, 0.25) is 0 Å². The molecule has 2 amide bonds. The Morgan fingerprint density at radius 1 is 1.46 bits per heavy atom. The minimum Gasteiger partial charge on any atom is -0.350 e. The Bertz CT molecular complexity index is 692. The summed E-state index contributed by atoms with van der Waals surface area (Å²) in [6.45, 7) is 1.41. The second-order valence-corrected chi connectivity index (χ2v) is 7.04. The van der Waals surface area contributed by atoms with Crippen molar-refractivity contribution in [3.8, 4) is 0 Å². The van der Waals surface area contributed by atoms with Crippen LogP contribution in [-0.4, -0.2) is 63.6 Å². The normalized spacial score (nSPS) is 21.2. The molecule has 0 aromatic carbocycles. The van der Waals surface area contributed by atoms with Gasteiger partial charge in [0, 0.05) is 38.6 Å². The van der Waals surface area contributed by atoms with E-state index in [9.17, 15) is 14.4 Å². The number of nitrogens with zero attached hydrogens (tertiary/aromatic N) is 4. The highest BCUT2D eigenvalue weighted by Crippen LogP contribution is 2.16. The van der Waals surface area contributed by atoms with Gasteiger partial charge in [-0.05, 0) is 12.8 Å². The van der Waals surface area contributed by atoms with E-state index < -0.39 is 0 Å². The van der Waals surface area contributed by atoms with Gasteiger partial charge in [-0.15, -0.1) is 11.8 Å². The second kappa shape index (κ2) is 7.25. The molecular weight excluding hydrogens is 330 g/mol. The van der Waals surface area contributed by atoms with Gasteiger partial charge in [-0.2, -0.15) is 0 Å². The molecule has 9 heteroatoms. The van der Waals surface area contributed by atoms with Crippen molar-refractivity contribution in [1.29, 1.82) is 0 Å². The standard InChI is InChI=1S/C15H21N5O3S/c1-18-6-4-16-14(15(18)23)19-5-2-3-11(7-19)17-12(21)8-20-10-24-9-13(20)22/h4,6,11H,2-3,5,7-10H2,1H3,(H,17,21)/t11-/m1/s1. The van der Waals surface area contributed by atoms with E-state index in [2.05, 4.69) is 10.3 Å². The summed E-state index contributed by atoms with van der Waals surface area (Å²) in [5.41, 5.74) is -0.135. The lowest BCUT2D eigenvalue weighted by Crippen LogP contribution is -2.51. The molecule has 2 fully saturated rings. The molecule has 1 N–H and O–H groups in total. The smallest absolute Gasteiger partial charge is 0.293 e. The zero-order chi connectivity index (χ0) is 17.1. The number of hydrogen-bond donors (Lipinski definition) is 1. The molecule has 0 saturated carbocycles. The van der Waals surface area contributed by atoms with Gasteiger partial charge < -0.3 is 19.7 Å². The monoisotopic (exact) mass is 351 g/mol. The fourth-order valence-electron chi connectivity index (χ4n) is 2.98. The Labute approximate surface area is 144 Å². The Morgan fingerprint density at radius 2 is 2.29 bits per heavy atom. The zero-order valence-electron chi connectivity index (χ0n) is 13.6. The van der Waals surface area contributed by atoms with Crippen molar-refractivity contribution in [2.24, 2.45) is 7.05 Å². The lowest BCUT2D eigenvalue weighted by molar-refractivity contribution is -0.132. The van der Waals surface area contributed by atoms with Crippen molar-refractivity contribution >= 4 is 29.4 Å². The number of carbonyl (C=O) groups is 2. The molecule has 3 heterocycles. The fourth-order valence-corrected chi connectivity index (χ4v) is 3.88. The van der Waals surface area contributed by atoms with Crippen LogP contribution in [0, 0.1) is 0 Å². The molecule has 0 radical (unpaired) electrons. The third kappa shape index (κ3) is 3.72. The number of anilines is 1. The van der Waals surface area contributed by atoms with Crippen molar-refractivity contribution in [2.75, 3.05) is 36.2 Å². The van der Waals surface area contributed by atoms with Crippen LogP contribution < -0.4 is 15.8 Å². The third-order valence-corrected chi connectivity index (χ3v) is 5.19. The summed E-state index contributed by atoms with van der Waals surface area (Å²) in [5, 5.41) is 2.98. The van der Waals surface area contributed by atoms with Gasteiger partial charge in [0.15, 0.2) is 5.82 Å². The Kier molecular flexibility index (Phi) is 5.08. The number of piperidine rings is 1. The van der Waals surface area contributed by atoms with E-state index in [1.165, 1.54) is 16.3 Å². The van der Waals surface area contributed by atoms with Crippen molar-refractivity contribution in [3.63, 3.8) is 0 Å². The molecule has 0 aliphatic carbocycles. The van der Waals surface area contributed by atoms with Gasteiger partial charge in [0.1, 0.15) is 6.54 Å². The minimum atomic E-state index is -0.147. The number of aromatic nitrogens is 2. The molecule has 3 rings (SSSR count). The van der Waals surface area contributed by atoms with Crippen LogP contribution in [0.25, 0.3) is 0 Å². The molecule has 0 bridgehead atoms. The molecule has 2 aliphatic heterocycles. The van der Waals surface area contributed by atoms with Crippen molar-refractivity contribution in [3.05, 3.63) is 22.7 Å². The second-order valence-electron chi connectivity index (χ2n) is 6.09. The van der Waals surface area contributed by atoms with E-state index in [4.69, 9.17) is 0 Å². The maximum Gasteiger partial charge on any atom is 0.293 e. The third-order valence-electron chi connectivity index (χ3n) is 4.24. The predicted octanol–water partition coefficient (Wildman–Crippen LogP) is -0.602. The van der Waals surface area contributed by atoms with E-state index in [1.807, 2.05) is 4.90 Å². The van der Waals surface area contributed by atoms with Gasteiger partial charge in [0.05, 0.1) is 11.6 Å². The van der Waals surface area contributed by atoms with Crippen LogP contribution >= 0.6 is 11.8 Å². The summed E-state index contributed by atoms with van der Waals surface area (Å²) in [7, 11) is 1.70. The molecule has 130 valence electrons. The molecule has 1 aromatic rings. The van der Waals surface area contributed by atoms with Gasteiger partial charge in [-0.25, -0.2) is 4.98 Å². The number of carbonyl (C=O) groups excluding carboxylic acids is 2. The average molecular weight is 351 g/mol. The van der Waals surface area contributed by atoms with Crippen LogP contribution in [0.3, 0.4) is 0 Å². The Morgan fingerprint density at radius 3 is 3.04 bits per heavy atom. The van der Waals surface area contributed by atoms with E-state index in [0.29, 0.717) is 24.0 Å². The number of amides is 2. The van der Waals surface area contributed by atoms with Crippen LogP contribution in [0.5, 0.6) is 0 Å². The van der Waals surface area contributed by atoms with E-state index >= 15 is 0 Å². The Balaban J connectivity index is 1.59. The molecule has 1 atom stereocenters. The highest BCUT2D eigenvalue weighted by atomic mass is 32.2. The number of aryl methyl sites for hydroxylation is 1. The first-order valence-electron chi connectivity index (χ1n) is 7.96. The first-order chi connectivity index (χ1) is 11.5. The maximum atomic E-state index is 12.2. The van der Waals surface area contributed by atoms with E-state index in [1.54, 1.807) is 24.3 Å². The molecular formula is C15H21N5O3S. The summed E-state index contributed by atoms with van der Waals surface area (Å²) < 4.78 is 1.50. The fraction of sp³-hybridized carbons (Fsp3) is 0.600. The number of nitrogens with one attached hydrogen (secondary N) is 1. The summed E-state index contributed by atoms with van der Waals surface area (Å²) in [6.07, 6.45) is 4.97. The van der Waals surface area contributed by atoms with Gasteiger partial charge in [-0.1, -0.05) is 0 Å². The predicted molar refractivity (Wildman–Crippen MR) is 91.9 cm³/mol. The minimum absolute atomic E-state index is 0.0115. The quantitative estimate of drug-likeness (QED) is 0.779.